The predicted octanol–water partition coefficient (Wildman–Crippen LogP) is 3.46. The minimum atomic E-state index is 0.400. The summed E-state index contributed by atoms with van der Waals surface area (Å²) in [7, 11) is 0. The van der Waals surface area contributed by atoms with Crippen LogP contribution < -0.4 is 0 Å². The van der Waals surface area contributed by atoms with E-state index in [4.69, 9.17) is 16.0 Å². The van der Waals surface area contributed by atoms with E-state index < -0.39 is 0 Å². The molecule has 0 aliphatic heterocycles. The summed E-state index contributed by atoms with van der Waals surface area (Å²) in [5.41, 5.74) is 2.32. The van der Waals surface area contributed by atoms with Gasteiger partial charge in [-0.1, -0.05) is 17.7 Å². The lowest BCUT2D eigenvalue weighted by molar-refractivity contribution is 0.583. The molecule has 0 amide bonds. The fourth-order valence-corrected chi connectivity index (χ4v) is 2.05. The molecule has 0 bridgehead atoms. The molecule has 5 nitrogen and oxygen atoms in total. The van der Waals surface area contributed by atoms with E-state index in [1.165, 1.54) is 0 Å². The van der Waals surface area contributed by atoms with Crippen LogP contribution in [-0.4, -0.2) is 20.2 Å². The Morgan fingerprint density at radius 3 is 2.65 bits per heavy atom. The summed E-state index contributed by atoms with van der Waals surface area (Å²) >= 11 is 5.95. The average Bonchev–Trinajstić information content (AvgIpc) is 2.88. The first-order valence-corrected chi connectivity index (χ1v) is 6.41. The third-order valence-corrected chi connectivity index (χ3v) is 3.06. The maximum absolute atomic E-state index is 5.95. The van der Waals surface area contributed by atoms with Gasteiger partial charge in [0.2, 0.25) is 5.89 Å². The third-order valence-electron chi connectivity index (χ3n) is 2.83. The quantitative estimate of drug-likeness (QED) is 0.722. The van der Waals surface area contributed by atoms with Gasteiger partial charge in [-0.25, -0.2) is 9.97 Å². The summed E-state index contributed by atoms with van der Waals surface area (Å²) in [6, 6.07) is 7.26. The van der Waals surface area contributed by atoms with Crippen molar-refractivity contribution >= 4 is 11.6 Å². The summed E-state index contributed by atoms with van der Waals surface area (Å²) in [5, 5.41) is 8.70. The molecule has 2 heterocycles. The van der Waals surface area contributed by atoms with E-state index >= 15 is 0 Å². The van der Waals surface area contributed by atoms with Crippen LogP contribution in [0.25, 0.3) is 22.9 Å². The Morgan fingerprint density at radius 2 is 1.90 bits per heavy atom. The van der Waals surface area contributed by atoms with Gasteiger partial charge >= 0.3 is 0 Å². The van der Waals surface area contributed by atoms with Gasteiger partial charge in [0, 0.05) is 16.8 Å². The van der Waals surface area contributed by atoms with E-state index in [0.29, 0.717) is 22.6 Å². The van der Waals surface area contributed by atoms with E-state index in [0.717, 1.165) is 16.8 Å². The zero-order valence-electron chi connectivity index (χ0n) is 11.0. The van der Waals surface area contributed by atoms with Gasteiger partial charge in [-0.2, -0.15) is 0 Å². The molecule has 0 N–H and O–H groups in total. The van der Waals surface area contributed by atoms with Crippen molar-refractivity contribution < 1.29 is 4.42 Å². The fourth-order valence-electron chi connectivity index (χ4n) is 1.86. The summed E-state index contributed by atoms with van der Waals surface area (Å²) in [6.45, 7) is 3.72. The van der Waals surface area contributed by atoms with Gasteiger partial charge in [0.05, 0.1) is 11.3 Å². The Hall–Kier alpha value is -2.27. The molecule has 0 atom stereocenters. The summed E-state index contributed by atoms with van der Waals surface area (Å²) in [5.74, 6) is 1.53. The van der Waals surface area contributed by atoms with Crippen LogP contribution in [0.3, 0.4) is 0 Å². The maximum Gasteiger partial charge on any atom is 0.251 e. The Morgan fingerprint density at radius 1 is 1.10 bits per heavy atom. The minimum Gasteiger partial charge on any atom is -0.416 e. The standard InChI is InChI=1S/C14H11ClN4O/c1-8-12(7-16-9(2)17-8)14-19-18-13(20-14)10-4-3-5-11(15)6-10/h3-7H,1-2H3. The Bertz CT molecular complexity index is 769. The van der Waals surface area contributed by atoms with Crippen molar-refractivity contribution in [2.75, 3.05) is 0 Å². The van der Waals surface area contributed by atoms with Gasteiger partial charge in [0.25, 0.3) is 5.89 Å². The van der Waals surface area contributed by atoms with Crippen LogP contribution in [0.1, 0.15) is 11.5 Å². The van der Waals surface area contributed by atoms with Crippen molar-refractivity contribution in [1.29, 1.82) is 0 Å². The van der Waals surface area contributed by atoms with Crippen molar-refractivity contribution in [3.63, 3.8) is 0 Å². The first-order valence-electron chi connectivity index (χ1n) is 6.03. The van der Waals surface area contributed by atoms with Crippen molar-refractivity contribution in [3.05, 3.63) is 47.0 Å². The highest BCUT2D eigenvalue weighted by Gasteiger charge is 2.13. The highest BCUT2D eigenvalue weighted by molar-refractivity contribution is 6.30. The molecule has 6 heteroatoms. The monoisotopic (exact) mass is 286 g/mol. The number of hydrogen-bond donors (Lipinski definition) is 0. The van der Waals surface area contributed by atoms with Crippen molar-refractivity contribution in [2.24, 2.45) is 0 Å². The lowest BCUT2D eigenvalue weighted by atomic mass is 10.2. The second-order valence-electron chi connectivity index (χ2n) is 4.34. The molecule has 0 spiro atoms. The van der Waals surface area contributed by atoms with Crippen molar-refractivity contribution in [3.8, 4) is 22.9 Å². The molecule has 3 aromatic rings. The summed E-state index contributed by atoms with van der Waals surface area (Å²) < 4.78 is 5.67. The Balaban J connectivity index is 2.02. The van der Waals surface area contributed by atoms with Crippen LogP contribution in [0.2, 0.25) is 5.02 Å². The van der Waals surface area contributed by atoms with E-state index in [-0.39, 0.29) is 0 Å². The van der Waals surface area contributed by atoms with Crippen LogP contribution in [0.4, 0.5) is 0 Å². The number of aryl methyl sites for hydroxylation is 2. The molecule has 3 rings (SSSR count). The van der Waals surface area contributed by atoms with Gasteiger partial charge in [-0.15, -0.1) is 10.2 Å². The zero-order valence-corrected chi connectivity index (χ0v) is 11.7. The molecule has 20 heavy (non-hydrogen) atoms. The Kier molecular flexibility index (Phi) is 3.20. The molecule has 0 fully saturated rings. The molecule has 2 aromatic heterocycles. The molecular formula is C14H11ClN4O. The second kappa shape index (κ2) is 5.02. The van der Waals surface area contributed by atoms with Crippen LogP contribution in [0.15, 0.2) is 34.9 Å². The predicted molar refractivity (Wildman–Crippen MR) is 75.2 cm³/mol. The molecule has 0 unspecified atom stereocenters. The van der Waals surface area contributed by atoms with E-state index in [1.54, 1.807) is 18.3 Å². The number of hydrogen-bond acceptors (Lipinski definition) is 5. The van der Waals surface area contributed by atoms with Crippen molar-refractivity contribution in [1.82, 2.24) is 20.2 Å². The third kappa shape index (κ3) is 2.40. The molecule has 0 aliphatic rings. The van der Waals surface area contributed by atoms with Gasteiger partial charge in [0.15, 0.2) is 0 Å². The molecular weight excluding hydrogens is 276 g/mol. The zero-order chi connectivity index (χ0) is 14.1. The average molecular weight is 287 g/mol. The second-order valence-corrected chi connectivity index (χ2v) is 4.78. The van der Waals surface area contributed by atoms with Crippen LogP contribution >= 0.6 is 11.6 Å². The largest absolute Gasteiger partial charge is 0.416 e. The highest BCUT2D eigenvalue weighted by Crippen LogP contribution is 2.26. The van der Waals surface area contributed by atoms with E-state index in [2.05, 4.69) is 20.2 Å². The lowest BCUT2D eigenvalue weighted by Gasteiger charge is -2.00. The smallest absolute Gasteiger partial charge is 0.251 e. The molecule has 1 aromatic carbocycles. The molecule has 100 valence electrons. The Labute approximate surface area is 120 Å². The highest BCUT2D eigenvalue weighted by atomic mass is 35.5. The van der Waals surface area contributed by atoms with Gasteiger partial charge in [0.1, 0.15) is 5.82 Å². The van der Waals surface area contributed by atoms with Crippen LogP contribution in [0, 0.1) is 13.8 Å². The van der Waals surface area contributed by atoms with Gasteiger partial charge in [-0.3, -0.25) is 0 Å². The van der Waals surface area contributed by atoms with Gasteiger partial charge in [-0.05, 0) is 32.0 Å². The molecule has 0 saturated heterocycles. The topological polar surface area (TPSA) is 64.7 Å². The molecule has 0 aliphatic carbocycles. The van der Waals surface area contributed by atoms with Crippen molar-refractivity contribution in [2.45, 2.75) is 13.8 Å². The normalized spacial score (nSPS) is 10.8. The van der Waals surface area contributed by atoms with E-state index in [9.17, 15) is 0 Å². The molecule has 0 saturated carbocycles. The lowest BCUT2D eigenvalue weighted by Crippen LogP contribution is -1.93. The number of halogens is 1. The maximum atomic E-state index is 5.95. The summed E-state index contributed by atoms with van der Waals surface area (Å²) in [6.07, 6.45) is 1.69. The molecule has 0 radical (unpaired) electrons. The SMILES string of the molecule is Cc1ncc(-c2nnc(-c3cccc(Cl)c3)o2)c(C)n1. The summed E-state index contributed by atoms with van der Waals surface area (Å²) in [4.78, 5) is 8.44. The number of aromatic nitrogens is 4. The first kappa shape index (κ1) is 12.7. The number of nitrogens with zero attached hydrogens (tertiary/aromatic N) is 4. The van der Waals surface area contributed by atoms with Crippen LogP contribution in [-0.2, 0) is 0 Å². The minimum absolute atomic E-state index is 0.400. The number of rotatable bonds is 2. The fraction of sp³-hybridized carbons (Fsp3) is 0.143. The number of benzene rings is 1. The van der Waals surface area contributed by atoms with Crippen LogP contribution in [0.5, 0.6) is 0 Å². The van der Waals surface area contributed by atoms with Gasteiger partial charge < -0.3 is 4.42 Å². The van der Waals surface area contributed by atoms with E-state index in [1.807, 2.05) is 26.0 Å². The first-order chi connectivity index (χ1) is 9.63.